The Balaban J connectivity index is 1.99. The minimum Gasteiger partial charge on any atom is -0.327 e. The fourth-order valence-electron chi connectivity index (χ4n) is 2.10. The number of nitrogens with two attached hydrogens (primary N) is 1. The molecule has 0 aliphatic carbocycles. The fourth-order valence-corrected chi connectivity index (χ4v) is 2.30. The van der Waals surface area contributed by atoms with Crippen LogP contribution >= 0.6 is 11.6 Å². The second-order valence-corrected chi connectivity index (χ2v) is 4.64. The molecule has 2 rings (SSSR count). The quantitative estimate of drug-likeness (QED) is 0.835. The summed E-state index contributed by atoms with van der Waals surface area (Å²) >= 11 is 6.12. The van der Waals surface area contributed by atoms with E-state index in [9.17, 15) is 0 Å². The van der Waals surface area contributed by atoms with E-state index < -0.39 is 0 Å². The summed E-state index contributed by atoms with van der Waals surface area (Å²) in [4.78, 5) is 2.38. The molecule has 1 atom stereocenters. The first-order valence-electron chi connectivity index (χ1n) is 5.47. The Kier molecular flexibility index (Phi) is 3.62. The van der Waals surface area contributed by atoms with Crippen LogP contribution in [0, 0.1) is 0 Å². The molecule has 1 heterocycles. The van der Waals surface area contributed by atoms with Gasteiger partial charge in [0.25, 0.3) is 0 Å². The summed E-state index contributed by atoms with van der Waals surface area (Å²) in [5.41, 5.74) is 7.14. The molecule has 15 heavy (non-hydrogen) atoms. The van der Waals surface area contributed by atoms with E-state index in [0.717, 1.165) is 31.1 Å². The number of nitrogens with zero attached hydrogens (tertiary/aromatic N) is 1. The highest BCUT2D eigenvalue weighted by Gasteiger charge is 2.17. The van der Waals surface area contributed by atoms with Gasteiger partial charge in [-0.05, 0) is 31.0 Å². The average molecular weight is 225 g/mol. The minimum atomic E-state index is 0.334. The van der Waals surface area contributed by atoms with E-state index in [0.29, 0.717) is 6.04 Å². The number of benzene rings is 1. The third-order valence-electron chi connectivity index (χ3n) is 2.89. The lowest BCUT2D eigenvalue weighted by molar-refractivity contribution is 0.201. The molecular weight excluding hydrogens is 208 g/mol. The normalized spacial score (nSPS) is 22.9. The SMILES string of the molecule is NC1CCCN(Cc2ccccc2Cl)C1. The molecule has 0 spiro atoms. The van der Waals surface area contributed by atoms with E-state index >= 15 is 0 Å². The van der Waals surface area contributed by atoms with Crippen molar-refractivity contribution in [1.29, 1.82) is 0 Å². The molecule has 0 bridgehead atoms. The fraction of sp³-hybridized carbons (Fsp3) is 0.500. The summed E-state index contributed by atoms with van der Waals surface area (Å²) in [7, 11) is 0. The van der Waals surface area contributed by atoms with Crippen molar-refractivity contribution in [3.63, 3.8) is 0 Å². The van der Waals surface area contributed by atoms with Crippen molar-refractivity contribution < 1.29 is 0 Å². The zero-order valence-corrected chi connectivity index (χ0v) is 9.58. The second kappa shape index (κ2) is 4.97. The molecule has 2 nitrogen and oxygen atoms in total. The molecule has 1 saturated heterocycles. The number of likely N-dealkylation sites (tertiary alicyclic amines) is 1. The predicted molar refractivity (Wildman–Crippen MR) is 63.9 cm³/mol. The molecule has 1 aromatic carbocycles. The van der Waals surface area contributed by atoms with Crippen LogP contribution in [0.5, 0.6) is 0 Å². The van der Waals surface area contributed by atoms with Crippen molar-refractivity contribution >= 4 is 11.6 Å². The molecule has 0 amide bonds. The van der Waals surface area contributed by atoms with Crippen LogP contribution in [0.4, 0.5) is 0 Å². The van der Waals surface area contributed by atoms with Gasteiger partial charge in [-0.15, -0.1) is 0 Å². The summed E-state index contributed by atoms with van der Waals surface area (Å²) in [5.74, 6) is 0. The standard InChI is InChI=1S/C12H17ClN2/c13-12-6-2-1-4-10(12)8-15-7-3-5-11(14)9-15/h1-2,4,6,11H,3,5,7-9,14H2. The highest BCUT2D eigenvalue weighted by atomic mass is 35.5. The Labute approximate surface area is 96.0 Å². The van der Waals surface area contributed by atoms with Crippen LogP contribution < -0.4 is 5.73 Å². The van der Waals surface area contributed by atoms with Crippen molar-refractivity contribution in [1.82, 2.24) is 4.90 Å². The molecule has 3 heteroatoms. The lowest BCUT2D eigenvalue weighted by atomic mass is 10.1. The first-order valence-corrected chi connectivity index (χ1v) is 5.85. The van der Waals surface area contributed by atoms with Gasteiger partial charge < -0.3 is 5.73 Å². The van der Waals surface area contributed by atoms with Gasteiger partial charge in [0.1, 0.15) is 0 Å². The summed E-state index contributed by atoms with van der Waals surface area (Å²) in [6.07, 6.45) is 2.35. The van der Waals surface area contributed by atoms with Crippen LogP contribution in [0.3, 0.4) is 0 Å². The van der Waals surface area contributed by atoms with Gasteiger partial charge in [-0.2, -0.15) is 0 Å². The van der Waals surface area contributed by atoms with Gasteiger partial charge >= 0.3 is 0 Å². The molecule has 1 unspecified atom stereocenters. The van der Waals surface area contributed by atoms with Crippen LogP contribution in [0.15, 0.2) is 24.3 Å². The maximum Gasteiger partial charge on any atom is 0.0451 e. The molecule has 82 valence electrons. The van der Waals surface area contributed by atoms with E-state index in [1.807, 2.05) is 18.2 Å². The van der Waals surface area contributed by atoms with Crippen molar-refractivity contribution in [3.8, 4) is 0 Å². The maximum absolute atomic E-state index is 6.12. The van der Waals surface area contributed by atoms with Crippen LogP contribution in [-0.2, 0) is 6.54 Å². The molecule has 1 aliphatic heterocycles. The Morgan fingerprint density at radius 1 is 1.40 bits per heavy atom. The van der Waals surface area contributed by atoms with Crippen LogP contribution in [0.25, 0.3) is 0 Å². The second-order valence-electron chi connectivity index (χ2n) is 4.23. The number of rotatable bonds is 2. The van der Waals surface area contributed by atoms with Gasteiger partial charge in [-0.25, -0.2) is 0 Å². The Hall–Kier alpha value is -0.570. The topological polar surface area (TPSA) is 29.3 Å². The van der Waals surface area contributed by atoms with Gasteiger partial charge in [0.05, 0.1) is 0 Å². The highest BCUT2D eigenvalue weighted by molar-refractivity contribution is 6.31. The summed E-state index contributed by atoms with van der Waals surface area (Å²) < 4.78 is 0. The smallest absolute Gasteiger partial charge is 0.0451 e. The Morgan fingerprint density at radius 3 is 2.93 bits per heavy atom. The monoisotopic (exact) mass is 224 g/mol. The molecule has 0 radical (unpaired) electrons. The number of piperidine rings is 1. The van der Waals surface area contributed by atoms with Gasteiger partial charge in [0.2, 0.25) is 0 Å². The van der Waals surface area contributed by atoms with Crippen molar-refractivity contribution in [2.24, 2.45) is 5.73 Å². The highest BCUT2D eigenvalue weighted by Crippen LogP contribution is 2.19. The molecule has 2 N–H and O–H groups in total. The Morgan fingerprint density at radius 2 is 2.20 bits per heavy atom. The van der Waals surface area contributed by atoms with E-state index in [2.05, 4.69) is 11.0 Å². The summed E-state index contributed by atoms with van der Waals surface area (Å²) in [6.45, 7) is 3.05. The van der Waals surface area contributed by atoms with Gasteiger partial charge in [-0.1, -0.05) is 29.8 Å². The van der Waals surface area contributed by atoms with Crippen LogP contribution in [-0.4, -0.2) is 24.0 Å². The first-order chi connectivity index (χ1) is 7.25. The van der Waals surface area contributed by atoms with Crippen molar-refractivity contribution in [2.75, 3.05) is 13.1 Å². The molecule has 1 aromatic rings. The average Bonchev–Trinajstić information content (AvgIpc) is 2.22. The molecule has 1 fully saturated rings. The van der Waals surface area contributed by atoms with E-state index in [1.54, 1.807) is 0 Å². The molecule has 0 aromatic heterocycles. The van der Waals surface area contributed by atoms with Gasteiger partial charge in [0.15, 0.2) is 0 Å². The summed E-state index contributed by atoms with van der Waals surface area (Å²) in [5, 5.41) is 0.858. The van der Waals surface area contributed by atoms with Crippen molar-refractivity contribution in [2.45, 2.75) is 25.4 Å². The zero-order valence-electron chi connectivity index (χ0n) is 8.82. The third-order valence-corrected chi connectivity index (χ3v) is 3.26. The van der Waals surface area contributed by atoms with Crippen LogP contribution in [0.2, 0.25) is 5.02 Å². The van der Waals surface area contributed by atoms with E-state index in [1.165, 1.54) is 12.0 Å². The van der Waals surface area contributed by atoms with Gasteiger partial charge in [0, 0.05) is 24.2 Å². The largest absolute Gasteiger partial charge is 0.327 e. The lowest BCUT2D eigenvalue weighted by Crippen LogP contribution is -2.42. The Bertz CT molecular complexity index is 327. The maximum atomic E-state index is 6.12. The number of hydrogen-bond acceptors (Lipinski definition) is 2. The zero-order chi connectivity index (χ0) is 10.7. The summed E-state index contributed by atoms with van der Waals surface area (Å²) in [6, 6.07) is 8.36. The van der Waals surface area contributed by atoms with Crippen molar-refractivity contribution in [3.05, 3.63) is 34.9 Å². The van der Waals surface area contributed by atoms with Gasteiger partial charge in [-0.3, -0.25) is 4.90 Å². The third kappa shape index (κ3) is 2.94. The predicted octanol–water partition coefficient (Wildman–Crippen LogP) is 2.26. The molecule has 0 saturated carbocycles. The number of halogens is 1. The van der Waals surface area contributed by atoms with Crippen LogP contribution in [0.1, 0.15) is 18.4 Å². The molecule has 1 aliphatic rings. The lowest BCUT2D eigenvalue weighted by Gasteiger charge is -2.30. The van der Waals surface area contributed by atoms with E-state index in [-0.39, 0.29) is 0 Å². The van der Waals surface area contributed by atoms with E-state index in [4.69, 9.17) is 17.3 Å². The first kappa shape index (κ1) is 10.9. The minimum absolute atomic E-state index is 0.334. The molecular formula is C12H17ClN2. The number of hydrogen-bond donors (Lipinski definition) is 1.